The predicted octanol–water partition coefficient (Wildman–Crippen LogP) is 2.46. The highest BCUT2D eigenvalue weighted by Crippen LogP contribution is 2.23. The molecule has 0 aliphatic heterocycles. The lowest BCUT2D eigenvalue weighted by Crippen LogP contribution is -2.16. The van der Waals surface area contributed by atoms with Crippen molar-refractivity contribution in [2.24, 2.45) is 0 Å². The predicted molar refractivity (Wildman–Crippen MR) is 68.2 cm³/mol. The third kappa shape index (κ3) is 3.90. The molecule has 4 nitrogen and oxygen atoms in total. The third-order valence-electron chi connectivity index (χ3n) is 2.04. The molecule has 1 aromatic rings. The molecule has 16 heavy (non-hydrogen) atoms. The molecule has 0 bridgehead atoms. The van der Waals surface area contributed by atoms with Gasteiger partial charge in [0.2, 0.25) is 10.0 Å². The summed E-state index contributed by atoms with van der Waals surface area (Å²) in [5.74, 6) is 0.117. The van der Waals surface area contributed by atoms with Crippen molar-refractivity contribution in [2.75, 3.05) is 16.2 Å². The van der Waals surface area contributed by atoms with Crippen molar-refractivity contribution in [3.63, 3.8) is 0 Å². The fourth-order valence-electron chi connectivity index (χ4n) is 1.16. The molecule has 0 amide bonds. The topological polar surface area (TPSA) is 72.2 Å². The fourth-order valence-corrected chi connectivity index (χ4v) is 2.59. The highest BCUT2D eigenvalue weighted by molar-refractivity contribution is 7.92. The largest absolute Gasteiger partial charge is 0.398 e. The lowest BCUT2D eigenvalue weighted by Gasteiger charge is -2.08. The van der Waals surface area contributed by atoms with Crippen LogP contribution in [0.4, 0.5) is 11.4 Å². The van der Waals surface area contributed by atoms with Crippen molar-refractivity contribution in [1.82, 2.24) is 0 Å². The minimum absolute atomic E-state index is 0.117. The van der Waals surface area contributed by atoms with E-state index in [4.69, 9.17) is 17.3 Å². The zero-order chi connectivity index (χ0) is 12.2. The number of nitrogens with one attached hydrogen (secondary N) is 1. The highest BCUT2D eigenvalue weighted by atomic mass is 35.5. The van der Waals surface area contributed by atoms with Crippen molar-refractivity contribution in [1.29, 1.82) is 0 Å². The third-order valence-corrected chi connectivity index (χ3v) is 3.74. The van der Waals surface area contributed by atoms with Crippen molar-refractivity contribution in [3.05, 3.63) is 23.2 Å². The minimum atomic E-state index is -3.28. The molecule has 90 valence electrons. The number of nitrogens with two attached hydrogens (primary N) is 1. The quantitative estimate of drug-likeness (QED) is 0.801. The van der Waals surface area contributed by atoms with Crippen LogP contribution in [0.25, 0.3) is 0 Å². The van der Waals surface area contributed by atoms with Crippen molar-refractivity contribution in [2.45, 2.75) is 19.8 Å². The minimum Gasteiger partial charge on any atom is -0.398 e. The van der Waals surface area contributed by atoms with Gasteiger partial charge in [0.05, 0.1) is 22.2 Å². The van der Waals surface area contributed by atoms with Crippen LogP contribution < -0.4 is 10.5 Å². The summed E-state index contributed by atoms with van der Waals surface area (Å²) in [5.41, 5.74) is 6.39. The van der Waals surface area contributed by atoms with Gasteiger partial charge in [0.15, 0.2) is 0 Å². The van der Waals surface area contributed by atoms with Crippen LogP contribution >= 0.6 is 11.6 Å². The Morgan fingerprint density at radius 3 is 2.69 bits per heavy atom. The van der Waals surface area contributed by atoms with E-state index in [9.17, 15) is 8.42 Å². The van der Waals surface area contributed by atoms with E-state index in [0.717, 1.165) is 6.42 Å². The summed E-state index contributed by atoms with van der Waals surface area (Å²) >= 11 is 5.79. The van der Waals surface area contributed by atoms with Crippen LogP contribution in [-0.4, -0.2) is 14.2 Å². The van der Waals surface area contributed by atoms with Gasteiger partial charge >= 0.3 is 0 Å². The average Bonchev–Trinajstić information content (AvgIpc) is 2.20. The fraction of sp³-hybridized carbons (Fsp3) is 0.400. The molecule has 0 atom stereocenters. The second kappa shape index (κ2) is 5.41. The first kappa shape index (κ1) is 13.1. The number of hydrogen-bond acceptors (Lipinski definition) is 3. The first-order chi connectivity index (χ1) is 7.44. The van der Waals surface area contributed by atoms with Gasteiger partial charge < -0.3 is 5.73 Å². The van der Waals surface area contributed by atoms with Crippen molar-refractivity contribution < 1.29 is 8.42 Å². The number of nitrogen functional groups attached to an aromatic ring is 1. The molecular formula is C10H15ClN2O2S. The summed E-state index contributed by atoms with van der Waals surface area (Å²) < 4.78 is 25.6. The Morgan fingerprint density at radius 1 is 1.44 bits per heavy atom. The van der Waals surface area contributed by atoms with Crippen LogP contribution in [0.3, 0.4) is 0 Å². The van der Waals surface area contributed by atoms with Crippen molar-refractivity contribution in [3.8, 4) is 0 Å². The molecule has 3 N–H and O–H groups in total. The summed E-state index contributed by atoms with van der Waals surface area (Å²) in [6.45, 7) is 1.94. The molecule has 0 spiro atoms. The van der Waals surface area contributed by atoms with Gasteiger partial charge in [-0.25, -0.2) is 8.42 Å². The molecule has 0 aliphatic rings. The first-order valence-corrected chi connectivity index (χ1v) is 7.03. The summed E-state index contributed by atoms with van der Waals surface area (Å²) in [5, 5.41) is 0.343. The van der Waals surface area contributed by atoms with Gasteiger partial charge in [-0.2, -0.15) is 0 Å². The van der Waals surface area contributed by atoms with E-state index in [0.29, 0.717) is 22.8 Å². The molecule has 0 saturated heterocycles. The van der Waals surface area contributed by atoms with Crippen LogP contribution in [0.2, 0.25) is 5.02 Å². The second-order valence-corrected chi connectivity index (χ2v) is 5.76. The monoisotopic (exact) mass is 262 g/mol. The van der Waals surface area contributed by atoms with Gasteiger partial charge in [0.25, 0.3) is 0 Å². The van der Waals surface area contributed by atoms with Crippen LogP contribution in [0.1, 0.15) is 19.8 Å². The number of unbranched alkanes of at least 4 members (excludes halogenated alkanes) is 1. The molecule has 6 heteroatoms. The SMILES string of the molecule is CCCCS(=O)(=O)Nc1ccc(N)c(Cl)c1. The number of rotatable bonds is 5. The molecule has 0 heterocycles. The normalized spacial score (nSPS) is 11.4. The Morgan fingerprint density at radius 2 is 2.12 bits per heavy atom. The van der Waals surface area contributed by atoms with E-state index >= 15 is 0 Å². The van der Waals surface area contributed by atoms with E-state index in [1.807, 2.05) is 6.92 Å². The van der Waals surface area contributed by atoms with Crippen LogP contribution in [0, 0.1) is 0 Å². The van der Waals surface area contributed by atoms with Crippen molar-refractivity contribution >= 4 is 33.0 Å². The lowest BCUT2D eigenvalue weighted by molar-refractivity contribution is 0.598. The summed E-state index contributed by atoms with van der Waals surface area (Å²) in [6, 6.07) is 4.66. The molecule has 0 radical (unpaired) electrons. The van der Waals surface area contributed by atoms with Gasteiger partial charge in [-0.3, -0.25) is 4.72 Å². The Balaban J connectivity index is 2.76. The van der Waals surface area contributed by atoms with E-state index < -0.39 is 10.0 Å². The summed E-state index contributed by atoms with van der Waals surface area (Å²) in [4.78, 5) is 0. The average molecular weight is 263 g/mol. The smallest absolute Gasteiger partial charge is 0.232 e. The van der Waals surface area contributed by atoms with E-state index in [2.05, 4.69) is 4.72 Å². The van der Waals surface area contributed by atoms with Gasteiger partial charge in [-0.05, 0) is 24.6 Å². The number of benzene rings is 1. The summed E-state index contributed by atoms with van der Waals surface area (Å²) in [6.07, 6.45) is 1.47. The maximum absolute atomic E-state index is 11.6. The molecule has 1 aromatic carbocycles. The molecule has 0 saturated carbocycles. The van der Waals surface area contributed by atoms with Gasteiger partial charge in [-0.15, -0.1) is 0 Å². The highest BCUT2D eigenvalue weighted by Gasteiger charge is 2.10. The Bertz CT molecular complexity index is 460. The maximum Gasteiger partial charge on any atom is 0.232 e. The van der Waals surface area contributed by atoms with E-state index in [-0.39, 0.29) is 5.75 Å². The zero-order valence-electron chi connectivity index (χ0n) is 9.03. The Kier molecular flexibility index (Phi) is 4.44. The number of anilines is 2. The Hall–Kier alpha value is -0.940. The molecule has 0 aromatic heterocycles. The molecule has 1 rings (SSSR count). The van der Waals surface area contributed by atoms with Gasteiger partial charge in [0.1, 0.15) is 0 Å². The molecule has 0 aliphatic carbocycles. The number of halogens is 1. The zero-order valence-corrected chi connectivity index (χ0v) is 10.6. The standard InChI is InChI=1S/C10H15ClN2O2S/c1-2-3-6-16(14,15)13-8-4-5-10(12)9(11)7-8/h4-5,7,13H,2-3,6,12H2,1H3. The molecule has 0 fully saturated rings. The molecular weight excluding hydrogens is 248 g/mol. The lowest BCUT2D eigenvalue weighted by atomic mass is 10.3. The maximum atomic E-state index is 11.6. The van der Waals surface area contributed by atoms with Gasteiger partial charge in [-0.1, -0.05) is 24.9 Å². The molecule has 0 unspecified atom stereocenters. The second-order valence-electron chi connectivity index (χ2n) is 3.51. The van der Waals surface area contributed by atoms with Crippen LogP contribution in [0.15, 0.2) is 18.2 Å². The van der Waals surface area contributed by atoms with E-state index in [1.165, 1.54) is 6.07 Å². The first-order valence-electron chi connectivity index (χ1n) is 5.00. The Labute approximate surface area is 101 Å². The number of sulfonamides is 1. The summed E-state index contributed by atoms with van der Waals surface area (Å²) in [7, 11) is -3.28. The van der Waals surface area contributed by atoms with Crippen LogP contribution in [0.5, 0.6) is 0 Å². The van der Waals surface area contributed by atoms with Crippen LogP contribution in [-0.2, 0) is 10.0 Å². The van der Waals surface area contributed by atoms with E-state index in [1.54, 1.807) is 12.1 Å². The van der Waals surface area contributed by atoms with Gasteiger partial charge in [0, 0.05) is 0 Å². The number of hydrogen-bond donors (Lipinski definition) is 2.